The number of aliphatic carboxylic acids is 1. The van der Waals surface area contributed by atoms with E-state index in [2.05, 4.69) is 26.2 Å². The van der Waals surface area contributed by atoms with Crippen molar-refractivity contribution in [2.75, 3.05) is 5.32 Å². The highest BCUT2D eigenvalue weighted by atomic mass is 79.9. The molecule has 1 aromatic carbocycles. The maximum absolute atomic E-state index is 12.6. The zero-order valence-corrected chi connectivity index (χ0v) is 14.3. The first-order valence-electron chi connectivity index (χ1n) is 7.29. The lowest BCUT2D eigenvalue weighted by Gasteiger charge is -2.27. The van der Waals surface area contributed by atoms with E-state index in [-0.39, 0.29) is 17.7 Å². The molecule has 7 heteroatoms. The van der Waals surface area contributed by atoms with E-state index in [1.165, 1.54) is 11.3 Å². The number of aromatic nitrogens is 1. The molecule has 2 aliphatic rings. The van der Waals surface area contributed by atoms with Crippen molar-refractivity contribution in [2.24, 2.45) is 23.7 Å². The molecule has 1 amide bonds. The average Bonchev–Trinajstić information content (AvgIpc) is 3.18. The van der Waals surface area contributed by atoms with E-state index in [0.29, 0.717) is 11.6 Å². The Morgan fingerprint density at radius 1 is 1.26 bits per heavy atom. The Morgan fingerprint density at radius 2 is 2.00 bits per heavy atom. The highest BCUT2D eigenvalue weighted by Crippen LogP contribution is 2.48. The fourth-order valence-electron chi connectivity index (χ4n) is 3.64. The van der Waals surface area contributed by atoms with Crippen LogP contribution in [-0.4, -0.2) is 16.9 Å². The van der Waals surface area contributed by atoms with Crippen LogP contribution in [-0.2, 0) is 9.59 Å². The van der Waals surface area contributed by atoms with Crippen LogP contribution in [0.3, 0.4) is 0 Å². The summed E-state index contributed by atoms with van der Waals surface area (Å²) < 4.78 is 1.90. The summed E-state index contributed by atoms with van der Waals surface area (Å²) in [5.41, 5.74) is 0.804. The number of nitrogens with one attached hydrogen (secondary N) is 1. The summed E-state index contributed by atoms with van der Waals surface area (Å²) in [7, 11) is 0. The van der Waals surface area contributed by atoms with E-state index in [4.69, 9.17) is 0 Å². The molecule has 1 saturated carbocycles. The predicted octanol–water partition coefficient (Wildman–Crippen LogP) is 2.19. The Labute approximate surface area is 144 Å². The summed E-state index contributed by atoms with van der Waals surface area (Å²) in [4.78, 5) is 28.4. The maximum Gasteiger partial charge on any atom is 0.230 e. The van der Waals surface area contributed by atoms with Crippen molar-refractivity contribution in [2.45, 2.75) is 6.42 Å². The molecule has 2 aromatic rings. The summed E-state index contributed by atoms with van der Waals surface area (Å²) in [5.74, 6) is -2.86. The van der Waals surface area contributed by atoms with Gasteiger partial charge in [0.25, 0.3) is 0 Å². The van der Waals surface area contributed by atoms with Crippen LogP contribution >= 0.6 is 27.3 Å². The van der Waals surface area contributed by atoms with E-state index in [9.17, 15) is 14.7 Å². The van der Waals surface area contributed by atoms with Crippen LogP contribution in [0.25, 0.3) is 10.2 Å². The molecule has 118 valence electrons. The number of carboxylic acid groups (broad SMARTS) is 1. The Hall–Kier alpha value is -1.73. The van der Waals surface area contributed by atoms with Crippen LogP contribution in [0.2, 0.25) is 0 Å². The van der Waals surface area contributed by atoms with Crippen LogP contribution in [0.4, 0.5) is 5.13 Å². The third-order valence-corrected chi connectivity index (χ3v) is 6.04. The number of carbonyl (C=O) groups excluding carboxylic acids is 2. The molecule has 0 aliphatic heterocycles. The van der Waals surface area contributed by atoms with Crippen molar-refractivity contribution >= 4 is 54.5 Å². The Kier molecular flexibility index (Phi) is 3.50. The van der Waals surface area contributed by atoms with E-state index in [1.807, 2.05) is 30.4 Å². The van der Waals surface area contributed by atoms with Gasteiger partial charge in [0, 0.05) is 16.4 Å². The second-order valence-corrected chi connectivity index (χ2v) is 7.89. The molecule has 5 nitrogen and oxygen atoms in total. The van der Waals surface area contributed by atoms with Gasteiger partial charge in [0.05, 0.1) is 16.1 Å². The summed E-state index contributed by atoms with van der Waals surface area (Å²) in [6.45, 7) is 0. The summed E-state index contributed by atoms with van der Waals surface area (Å²) >= 11 is 4.78. The minimum Gasteiger partial charge on any atom is -0.550 e. The molecule has 2 bridgehead atoms. The van der Waals surface area contributed by atoms with Gasteiger partial charge in [0.15, 0.2) is 5.13 Å². The molecule has 1 heterocycles. The van der Waals surface area contributed by atoms with Gasteiger partial charge >= 0.3 is 0 Å². The average molecular weight is 392 g/mol. The van der Waals surface area contributed by atoms with Gasteiger partial charge in [-0.25, -0.2) is 4.98 Å². The van der Waals surface area contributed by atoms with Crippen LogP contribution in [0, 0.1) is 23.7 Å². The third-order valence-electron chi connectivity index (χ3n) is 4.61. The molecule has 2 aliphatic carbocycles. The van der Waals surface area contributed by atoms with E-state index in [0.717, 1.165) is 14.7 Å². The van der Waals surface area contributed by atoms with Gasteiger partial charge in [-0.2, -0.15) is 0 Å². The summed E-state index contributed by atoms with van der Waals surface area (Å²) in [5, 5.41) is 14.7. The van der Waals surface area contributed by atoms with Crippen molar-refractivity contribution in [3.63, 3.8) is 0 Å². The number of allylic oxidation sites excluding steroid dienone is 2. The molecule has 0 radical (unpaired) electrons. The number of nitrogens with zero attached hydrogens (tertiary/aromatic N) is 1. The van der Waals surface area contributed by atoms with E-state index >= 15 is 0 Å². The van der Waals surface area contributed by atoms with Crippen molar-refractivity contribution in [1.29, 1.82) is 0 Å². The zero-order chi connectivity index (χ0) is 16.1. The standard InChI is InChI=1S/C16H13BrN2O3S/c17-9-3-4-10-11(6-9)23-16(18-10)19-14(20)12-7-1-2-8(5-7)13(12)15(21)22/h1-4,6-8,12-13H,5H2,(H,21,22)(H,18,19,20)/p-1/t7-,8+,12+,13-/m1/s1. The summed E-state index contributed by atoms with van der Waals surface area (Å²) in [6, 6.07) is 5.70. The van der Waals surface area contributed by atoms with Gasteiger partial charge in [0.2, 0.25) is 5.91 Å². The minimum atomic E-state index is -1.14. The van der Waals surface area contributed by atoms with Gasteiger partial charge in [-0.05, 0) is 36.5 Å². The lowest BCUT2D eigenvalue weighted by Crippen LogP contribution is -2.42. The topological polar surface area (TPSA) is 82.1 Å². The Balaban J connectivity index is 1.59. The number of hydrogen-bond acceptors (Lipinski definition) is 5. The molecular weight excluding hydrogens is 380 g/mol. The Bertz CT molecular complexity index is 847. The van der Waals surface area contributed by atoms with Crippen molar-refractivity contribution < 1.29 is 14.7 Å². The quantitative estimate of drug-likeness (QED) is 0.812. The lowest BCUT2D eigenvalue weighted by atomic mass is 9.82. The van der Waals surface area contributed by atoms with Gasteiger partial charge in [-0.1, -0.05) is 39.4 Å². The lowest BCUT2D eigenvalue weighted by molar-refractivity contribution is -0.313. The van der Waals surface area contributed by atoms with Crippen LogP contribution < -0.4 is 10.4 Å². The smallest absolute Gasteiger partial charge is 0.230 e. The van der Waals surface area contributed by atoms with Crippen molar-refractivity contribution in [3.8, 4) is 0 Å². The molecular formula is C16H12BrN2O3S-. The number of rotatable bonds is 3. The molecule has 23 heavy (non-hydrogen) atoms. The second kappa shape index (κ2) is 5.42. The first-order chi connectivity index (χ1) is 11.0. The molecule has 4 atom stereocenters. The molecule has 1 N–H and O–H groups in total. The van der Waals surface area contributed by atoms with Gasteiger partial charge < -0.3 is 15.2 Å². The number of benzene rings is 1. The number of hydrogen-bond donors (Lipinski definition) is 1. The highest BCUT2D eigenvalue weighted by Gasteiger charge is 2.48. The van der Waals surface area contributed by atoms with Gasteiger partial charge in [-0.3, -0.25) is 4.79 Å². The molecule has 0 saturated heterocycles. The molecule has 1 aromatic heterocycles. The molecule has 0 spiro atoms. The molecule has 4 rings (SSSR count). The number of anilines is 1. The number of carbonyl (C=O) groups is 2. The minimum absolute atomic E-state index is 0.0218. The highest BCUT2D eigenvalue weighted by molar-refractivity contribution is 9.10. The van der Waals surface area contributed by atoms with Gasteiger partial charge in [-0.15, -0.1) is 0 Å². The molecule has 0 unspecified atom stereocenters. The number of thiazole rings is 1. The maximum atomic E-state index is 12.6. The monoisotopic (exact) mass is 391 g/mol. The van der Waals surface area contributed by atoms with Gasteiger partial charge in [0.1, 0.15) is 0 Å². The van der Waals surface area contributed by atoms with Crippen molar-refractivity contribution in [3.05, 3.63) is 34.8 Å². The predicted molar refractivity (Wildman–Crippen MR) is 88.7 cm³/mol. The number of amides is 1. The van der Waals surface area contributed by atoms with E-state index in [1.54, 1.807) is 0 Å². The van der Waals surface area contributed by atoms with Crippen LogP contribution in [0.1, 0.15) is 6.42 Å². The SMILES string of the molecule is O=C(Nc1nc2ccc(Br)cc2s1)[C@@H]1[C@H](C(=O)[O-])[C@H]2C=C[C@@H]1C2. The van der Waals surface area contributed by atoms with E-state index < -0.39 is 17.8 Å². The van der Waals surface area contributed by atoms with Crippen LogP contribution in [0.15, 0.2) is 34.8 Å². The fourth-order valence-corrected chi connectivity index (χ4v) is 5.06. The number of carboxylic acids is 1. The fraction of sp³-hybridized carbons (Fsp3) is 0.312. The second-order valence-electron chi connectivity index (χ2n) is 5.94. The third kappa shape index (κ3) is 2.48. The first-order valence-corrected chi connectivity index (χ1v) is 8.90. The van der Waals surface area contributed by atoms with Crippen molar-refractivity contribution in [1.82, 2.24) is 4.98 Å². The largest absolute Gasteiger partial charge is 0.550 e. The normalized spacial score (nSPS) is 28.4. The number of halogens is 1. The zero-order valence-electron chi connectivity index (χ0n) is 11.9. The molecule has 1 fully saturated rings. The van der Waals surface area contributed by atoms with Crippen LogP contribution in [0.5, 0.6) is 0 Å². The number of fused-ring (bicyclic) bond motifs is 3. The summed E-state index contributed by atoms with van der Waals surface area (Å²) in [6.07, 6.45) is 4.55. The Morgan fingerprint density at radius 3 is 2.74 bits per heavy atom. The first kappa shape index (κ1) is 14.8.